The minimum Gasteiger partial charge on any atom is -0.335 e. The minimum absolute atomic E-state index is 0.00880. The lowest BCUT2D eigenvalue weighted by molar-refractivity contribution is 0.186. The average Bonchev–Trinajstić information content (AvgIpc) is 3.17. The Labute approximate surface area is 127 Å². The molecular weight excluding hydrogens is 320 g/mol. The molecule has 108 valence electrons. The molecule has 2 amide bonds. The number of carbonyl (C=O) groups excluding carboxylic acids is 1. The second-order valence-electron chi connectivity index (χ2n) is 5.69. The van der Waals surface area contributed by atoms with Gasteiger partial charge in [-0.25, -0.2) is 14.8 Å². The van der Waals surface area contributed by atoms with Gasteiger partial charge in [0.25, 0.3) is 0 Å². The van der Waals surface area contributed by atoms with Crippen LogP contribution in [0.4, 0.5) is 4.79 Å². The van der Waals surface area contributed by atoms with Gasteiger partial charge in [-0.15, -0.1) is 0 Å². The van der Waals surface area contributed by atoms with Gasteiger partial charge in [-0.2, -0.15) is 0 Å². The zero-order chi connectivity index (χ0) is 14.1. The Morgan fingerprint density at radius 1 is 1.40 bits per heavy atom. The number of hydrogen-bond donors (Lipinski definition) is 1. The molecule has 2 fully saturated rings. The summed E-state index contributed by atoms with van der Waals surface area (Å²) in [6.07, 6.45) is 7.90. The molecule has 1 aliphatic heterocycles. The Morgan fingerprint density at radius 2 is 2.10 bits per heavy atom. The van der Waals surface area contributed by atoms with Crippen LogP contribution in [0.15, 0.2) is 16.9 Å². The van der Waals surface area contributed by atoms with Gasteiger partial charge < -0.3 is 10.2 Å². The van der Waals surface area contributed by atoms with E-state index in [1.807, 2.05) is 4.90 Å². The molecule has 0 spiro atoms. The molecule has 1 unspecified atom stereocenters. The van der Waals surface area contributed by atoms with E-state index < -0.39 is 0 Å². The lowest BCUT2D eigenvalue weighted by Crippen LogP contribution is -2.44. The highest BCUT2D eigenvalue weighted by Gasteiger charge is 2.35. The maximum absolute atomic E-state index is 12.4. The monoisotopic (exact) mass is 338 g/mol. The number of halogens is 1. The van der Waals surface area contributed by atoms with Crippen molar-refractivity contribution in [1.29, 1.82) is 0 Å². The maximum Gasteiger partial charge on any atom is 0.318 e. The third-order valence-electron chi connectivity index (χ3n) is 4.13. The third kappa shape index (κ3) is 2.95. The van der Waals surface area contributed by atoms with Crippen molar-refractivity contribution in [1.82, 2.24) is 20.2 Å². The summed E-state index contributed by atoms with van der Waals surface area (Å²) >= 11 is 3.34. The van der Waals surface area contributed by atoms with Gasteiger partial charge in [0.05, 0.1) is 10.5 Å². The highest BCUT2D eigenvalue weighted by molar-refractivity contribution is 9.10. The lowest BCUT2D eigenvalue weighted by Gasteiger charge is -2.26. The largest absolute Gasteiger partial charge is 0.335 e. The van der Waals surface area contributed by atoms with Gasteiger partial charge in [0.2, 0.25) is 0 Å². The molecule has 1 saturated heterocycles. The molecule has 2 aliphatic rings. The Hall–Kier alpha value is -1.17. The molecule has 20 heavy (non-hydrogen) atoms. The van der Waals surface area contributed by atoms with Gasteiger partial charge in [0, 0.05) is 25.0 Å². The molecule has 2 heterocycles. The van der Waals surface area contributed by atoms with E-state index in [9.17, 15) is 4.79 Å². The Balaban J connectivity index is 1.68. The van der Waals surface area contributed by atoms with Crippen LogP contribution in [-0.2, 0) is 0 Å². The van der Waals surface area contributed by atoms with Crippen LogP contribution in [-0.4, -0.2) is 33.5 Å². The number of amides is 2. The van der Waals surface area contributed by atoms with Crippen LogP contribution in [0.1, 0.15) is 44.5 Å². The Morgan fingerprint density at radius 3 is 2.75 bits per heavy atom. The number of nitrogens with zero attached hydrogens (tertiary/aromatic N) is 3. The predicted molar refractivity (Wildman–Crippen MR) is 79.1 cm³/mol. The molecule has 1 aromatic rings. The van der Waals surface area contributed by atoms with Crippen LogP contribution in [0, 0.1) is 5.92 Å². The van der Waals surface area contributed by atoms with E-state index in [1.165, 1.54) is 12.8 Å². The number of aromatic nitrogens is 2. The Kier molecular flexibility index (Phi) is 3.92. The summed E-state index contributed by atoms with van der Waals surface area (Å²) < 4.78 is 0.859. The smallest absolute Gasteiger partial charge is 0.318 e. The molecule has 1 N–H and O–H groups in total. The molecule has 5 nitrogen and oxygen atoms in total. The summed E-state index contributed by atoms with van der Waals surface area (Å²) in [6.45, 7) is 2.88. The van der Waals surface area contributed by atoms with E-state index in [-0.39, 0.29) is 18.1 Å². The molecule has 1 saturated carbocycles. The lowest BCUT2D eigenvalue weighted by atomic mass is 10.2. The highest BCUT2D eigenvalue weighted by Crippen LogP contribution is 2.33. The molecular formula is C14H19BrN4O. The van der Waals surface area contributed by atoms with Gasteiger partial charge in [-0.05, 0) is 54.5 Å². The molecule has 0 radical (unpaired) electrons. The summed E-state index contributed by atoms with van der Waals surface area (Å²) in [7, 11) is 0. The van der Waals surface area contributed by atoms with Crippen molar-refractivity contribution in [2.75, 3.05) is 6.54 Å². The first-order chi connectivity index (χ1) is 9.65. The van der Waals surface area contributed by atoms with Crippen LogP contribution in [0.5, 0.6) is 0 Å². The van der Waals surface area contributed by atoms with Crippen LogP contribution < -0.4 is 5.32 Å². The van der Waals surface area contributed by atoms with Gasteiger partial charge >= 0.3 is 6.03 Å². The molecule has 1 aliphatic carbocycles. The zero-order valence-corrected chi connectivity index (χ0v) is 13.1. The van der Waals surface area contributed by atoms with Crippen molar-refractivity contribution in [3.63, 3.8) is 0 Å². The topological polar surface area (TPSA) is 58.1 Å². The number of nitrogens with one attached hydrogen (secondary N) is 1. The highest BCUT2D eigenvalue weighted by atomic mass is 79.9. The third-order valence-corrected chi connectivity index (χ3v) is 4.54. The van der Waals surface area contributed by atoms with Crippen LogP contribution in [0.2, 0.25) is 0 Å². The molecule has 2 atom stereocenters. The standard InChI is InChI=1S/C14H19BrN4O/c1-9(10-4-5-10)18-14(20)19-6-2-3-12(19)13-16-7-11(15)8-17-13/h7-10,12H,2-6H2,1H3,(H,18,20)/t9-,12?/m0/s1. The van der Waals surface area contributed by atoms with E-state index in [0.29, 0.717) is 5.92 Å². The van der Waals surface area contributed by atoms with Gasteiger partial charge in [0.1, 0.15) is 0 Å². The fraction of sp³-hybridized carbons (Fsp3) is 0.643. The average molecular weight is 339 g/mol. The van der Waals surface area contributed by atoms with E-state index in [0.717, 1.165) is 29.7 Å². The van der Waals surface area contributed by atoms with E-state index in [4.69, 9.17) is 0 Å². The van der Waals surface area contributed by atoms with E-state index in [2.05, 4.69) is 38.1 Å². The predicted octanol–water partition coefficient (Wildman–Crippen LogP) is 2.88. The minimum atomic E-state index is 0.00880. The summed E-state index contributed by atoms with van der Waals surface area (Å²) in [6, 6.07) is 0.308. The van der Waals surface area contributed by atoms with Crippen LogP contribution >= 0.6 is 15.9 Å². The molecule has 3 rings (SSSR count). The first kappa shape index (κ1) is 13.8. The molecule has 0 aromatic carbocycles. The summed E-state index contributed by atoms with van der Waals surface area (Å²) in [5, 5.41) is 3.12. The summed E-state index contributed by atoms with van der Waals surface area (Å²) in [4.78, 5) is 22.9. The van der Waals surface area contributed by atoms with E-state index >= 15 is 0 Å². The second-order valence-corrected chi connectivity index (χ2v) is 6.60. The number of carbonyl (C=O) groups is 1. The van der Waals surface area contributed by atoms with Crippen molar-refractivity contribution in [2.24, 2.45) is 5.92 Å². The molecule has 1 aromatic heterocycles. The first-order valence-corrected chi connectivity index (χ1v) is 7.99. The van der Waals surface area contributed by atoms with Gasteiger partial charge in [-0.1, -0.05) is 0 Å². The Bertz CT molecular complexity index is 488. The number of rotatable bonds is 3. The SMILES string of the molecule is C[C@H](NC(=O)N1CCCC1c1ncc(Br)cn1)C1CC1. The fourth-order valence-corrected chi connectivity index (χ4v) is 2.97. The van der Waals surface area contributed by atoms with Crippen LogP contribution in [0.3, 0.4) is 0 Å². The second kappa shape index (κ2) is 5.68. The fourth-order valence-electron chi connectivity index (χ4n) is 2.76. The molecule has 6 heteroatoms. The zero-order valence-electron chi connectivity index (χ0n) is 11.6. The normalized spacial score (nSPS) is 23.7. The van der Waals surface area contributed by atoms with Crippen LogP contribution in [0.25, 0.3) is 0 Å². The van der Waals surface area contributed by atoms with Crippen molar-refractivity contribution in [3.8, 4) is 0 Å². The molecule has 0 bridgehead atoms. The van der Waals surface area contributed by atoms with Crippen molar-refractivity contribution >= 4 is 22.0 Å². The van der Waals surface area contributed by atoms with Crippen molar-refractivity contribution in [2.45, 2.75) is 44.7 Å². The first-order valence-electron chi connectivity index (χ1n) is 7.19. The van der Waals surface area contributed by atoms with Gasteiger partial charge in [0.15, 0.2) is 5.82 Å². The number of urea groups is 1. The van der Waals surface area contributed by atoms with Crippen molar-refractivity contribution < 1.29 is 4.79 Å². The number of likely N-dealkylation sites (tertiary alicyclic amines) is 1. The summed E-state index contributed by atoms with van der Waals surface area (Å²) in [5.41, 5.74) is 0. The van der Waals surface area contributed by atoms with E-state index in [1.54, 1.807) is 12.4 Å². The number of hydrogen-bond acceptors (Lipinski definition) is 3. The van der Waals surface area contributed by atoms with Gasteiger partial charge in [-0.3, -0.25) is 0 Å². The van der Waals surface area contributed by atoms with Crippen molar-refractivity contribution in [3.05, 3.63) is 22.7 Å². The maximum atomic E-state index is 12.4. The quantitative estimate of drug-likeness (QED) is 0.921. The summed E-state index contributed by atoms with van der Waals surface area (Å²) in [5.74, 6) is 1.41.